The van der Waals surface area contributed by atoms with Crippen molar-refractivity contribution in [3.05, 3.63) is 23.7 Å². The Bertz CT molecular complexity index is 436. The van der Waals surface area contributed by atoms with Crippen LogP contribution in [-0.4, -0.2) is 11.0 Å². The molecule has 0 saturated carbocycles. The van der Waals surface area contributed by atoms with Crippen LogP contribution in [0.25, 0.3) is 10.2 Å². The molecule has 0 aliphatic carbocycles. The standard InChI is InChI=1S/C12H16N2S/c1-3-4-9(2)14-10-5-6-11-12(7-10)15-8-13-11/h5-9,14H,3-4H2,1-2H3. The first kappa shape index (κ1) is 10.4. The van der Waals surface area contributed by atoms with E-state index in [1.54, 1.807) is 11.3 Å². The molecular formula is C12H16N2S. The second-order valence-electron chi connectivity index (χ2n) is 3.87. The first-order valence-electron chi connectivity index (χ1n) is 5.39. The van der Waals surface area contributed by atoms with Crippen LogP contribution in [0.15, 0.2) is 23.7 Å². The maximum absolute atomic E-state index is 4.27. The van der Waals surface area contributed by atoms with Crippen LogP contribution in [0, 0.1) is 0 Å². The Morgan fingerprint density at radius 1 is 1.47 bits per heavy atom. The lowest BCUT2D eigenvalue weighted by Crippen LogP contribution is -2.14. The third kappa shape index (κ3) is 2.48. The number of nitrogens with zero attached hydrogens (tertiary/aromatic N) is 1. The second-order valence-corrected chi connectivity index (χ2v) is 4.76. The van der Waals surface area contributed by atoms with Crippen LogP contribution in [0.2, 0.25) is 0 Å². The van der Waals surface area contributed by atoms with Gasteiger partial charge in [-0.05, 0) is 31.5 Å². The van der Waals surface area contributed by atoms with E-state index in [-0.39, 0.29) is 0 Å². The molecule has 0 aliphatic heterocycles. The molecular weight excluding hydrogens is 204 g/mol. The quantitative estimate of drug-likeness (QED) is 0.845. The average Bonchev–Trinajstić information content (AvgIpc) is 2.65. The van der Waals surface area contributed by atoms with Gasteiger partial charge in [-0.15, -0.1) is 11.3 Å². The maximum atomic E-state index is 4.27. The number of fused-ring (bicyclic) bond motifs is 1. The van der Waals surface area contributed by atoms with Gasteiger partial charge in [-0.1, -0.05) is 13.3 Å². The van der Waals surface area contributed by atoms with Crippen LogP contribution in [0.4, 0.5) is 5.69 Å². The summed E-state index contributed by atoms with van der Waals surface area (Å²) in [5.74, 6) is 0. The molecule has 1 aromatic carbocycles. The van der Waals surface area contributed by atoms with Crippen molar-refractivity contribution >= 4 is 27.2 Å². The van der Waals surface area contributed by atoms with Crippen molar-refractivity contribution in [2.75, 3.05) is 5.32 Å². The molecule has 0 radical (unpaired) electrons. The smallest absolute Gasteiger partial charge is 0.0813 e. The summed E-state index contributed by atoms with van der Waals surface area (Å²) in [6.07, 6.45) is 2.43. The number of hydrogen-bond acceptors (Lipinski definition) is 3. The Balaban J connectivity index is 2.14. The van der Waals surface area contributed by atoms with Crippen molar-refractivity contribution in [1.29, 1.82) is 0 Å². The predicted molar refractivity (Wildman–Crippen MR) is 67.6 cm³/mol. The summed E-state index contributed by atoms with van der Waals surface area (Å²) in [5, 5.41) is 3.50. The van der Waals surface area contributed by atoms with E-state index < -0.39 is 0 Å². The molecule has 1 aromatic heterocycles. The Hall–Kier alpha value is -1.09. The molecule has 1 atom stereocenters. The Morgan fingerprint density at radius 3 is 3.13 bits per heavy atom. The van der Waals surface area contributed by atoms with Crippen molar-refractivity contribution < 1.29 is 0 Å². The highest BCUT2D eigenvalue weighted by molar-refractivity contribution is 7.16. The van der Waals surface area contributed by atoms with Crippen LogP contribution in [-0.2, 0) is 0 Å². The van der Waals surface area contributed by atoms with E-state index >= 15 is 0 Å². The number of rotatable bonds is 4. The SMILES string of the molecule is CCCC(C)Nc1ccc2ncsc2c1. The number of anilines is 1. The van der Waals surface area contributed by atoms with E-state index in [2.05, 4.69) is 42.3 Å². The maximum Gasteiger partial charge on any atom is 0.0813 e. The van der Waals surface area contributed by atoms with Crippen LogP contribution < -0.4 is 5.32 Å². The van der Waals surface area contributed by atoms with Gasteiger partial charge in [-0.25, -0.2) is 4.98 Å². The van der Waals surface area contributed by atoms with E-state index in [0.717, 1.165) is 5.52 Å². The summed E-state index contributed by atoms with van der Waals surface area (Å²) >= 11 is 1.69. The minimum Gasteiger partial charge on any atom is -0.383 e. The highest BCUT2D eigenvalue weighted by Gasteiger charge is 2.02. The minimum atomic E-state index is 0.542. The van der Waals surface area contributed by atoms with Gasteiger partial charge in [0.15, 0.2) is 0 Å². The number of thiazole rings is 1. The fourth-order valence-corrected chi connectivity index (χ4v) is 2.45. The molecule has 0 fully saturated rings. The molecule has 0 amide bonds. The third-order valence-electron chi connectivity index (χ3n) is 2.47. The largest absolute Gasteiger partial charge is 0.383 e. The van der Waals surface area contributed by atoms with E-state index in [9.17, 15) is 0 Å². The zero-order chi connectivity index (χ0) is 10.7. The second kappa shape index (κ2) is 4.62. The van der Waals surface area contributed by atoms with Crippen molar-refractivity contribution in [2.24, 2.45) is 0 Å². The molecule has 1 unspecified atom stereocenters. The molecule has 2 aromatic rings. The monoisotopic (exact) mass is 220 g/mol. The van der Waals surface area contributed by atoms with Gasteiger partial charge in [0, 0.05) is 11.7 Å². The highest BCUT2D eigenvalue weighted by atomic mass is 32.1. The van der Waals surface area contributed by atoms with Crippen LogP contribution >= 0.6 is 11.3 Å². The first-order valence-corrected chi connectivity index (χ1v) is 6.27. The van der Waals surface area contributed by atoms with E-state index in [0.29, 0.717) is 6.04 Å². The third-order valence-corrected chi connectivity index (χ3v) is 3.26. The summed E-state index contributed by atoms with van der Waals surface area (Å²) in [6.45, 7) is 4.44. The van der Waals surface area contributed by atoms with Gasteiger partial charge in [0.2, 0.25) is 0 Å². The summed E-state index contributed by atoms with van der Waals surface area (Å²) in [4.78, 5) is 4.27. The fraction of sp³-hybridized carbons (Fsp3) is 0.417. The topological polar surface area (TPSA) is 24.9 Å². The number of hydrogen-bond donors (Lipinski definition) is 1. The van der Waals surface area contributed by atoms with Crippen LogP contribution in [0.3, 0.4) is 0 Å². The molecule has 2 rings (SSSR count). The normalized spacial score (nSPS) is 12.9. The lowest BCUT2D eigenvalue weighted by atomic mass is 10.2. The van der Waals surface area contributed by atoms with Gasteiger partial charge in [0.05, 0.1) is 15.7 Å². The molecule has 80 valence electrons. The Labute approximate surface area is 94.3 Å². The lowest BCUT2D eigenvalue weighted by molar-refractivity contribution is 0.690. The van der Waals surface area contributed by atoms with Gasteiger partial charge in [-0.2, -0.15) is 0 Å². The van der Waals surface area contributed by atoms with Gasteiger partial charge in [-0.3, -0.25) is 0 Å². The highest BCUT2D eigenvalue weighted by Crippen LogP contribution is 2.22. The number of nitrogens with one attached hydrogen (secondary N) is 1. The zero-order valence-corrected chi connectivity index (χ0v) is 9.97. The van der Waals surface area contributed by atoms with Crippen molar-refractivity contribution in [3.63, 3.8) is 0 Å². The molecule has 1 heterocycles. The van der Waals surface area contributed by atoms with Gasteiger partial charge in [0.1, 0.15) is 0 Å². The van der Waals surface area contributed by atoms with Gasteiger partial charge < -0.3 is 5.32 Å². The Morgan fingerprint density at radius 2 is 2.33 bits per heavy atom. The summed E-state index contributed by atoms with van der Waals surface area (Å²) in [7, 11) is 0. The predicted octanol–water partition coefficient (Wildman–Crippen LogP) is 3.90. The minimum absolute atomic E-state index is 0.542. The molecule has 0 bridgehead atoms. The van der Waals surface area contributed by atoms with Crippen molar-refractivity contribution in [1.82, 2.24) is 4.98 Å². The molecule has 0 saturated heterocycles. The van der Waals surface area contributed by atoms with Crippen LogP contribution in [0.1, 0.15) is 26.7 Å². The number of benzene rings is 1. The summed E-state index contributed by atoms with van der Waals surface area (Å²) in [5.41, 5.74) is 4.19. The fourth-order valence-electron chi connectivity index (χ4n) is 1.73. The zero-order valence-electron chi connectivity index (χ0n) is 9.16. The van der Waals surface area contributed by atoms with Crippen molar-refractivity contribution in [3.8, 4) is 0 Å². The summed E-state index contributed by atoms with van der Waals surface area (Å²) < 4.78 is 1.25. The van der Waals surface area contributed by atoms with Gasteiger partial charge >= 0.3 is 0 Å². The number of aromatic nitrogens is 1. The molecule has 3 heteroatoms. The summed E-state index contributed by atoms with van der Waals surface area (Å²) in [6, 6.07) is 6.90. The molecule has 0 spiro atoms. The van der Waals surface area contributed by atoms with E-state index in [4.69, 9.17) is 0 Å². The first-order chi connectivity index (χ1) is 7.29. The molecule has 2 nitrogen and oxygen atoms in total. The lowest BCUT2D eigenvalue weighted by Gasteiger charge is -2.13. The van der Waals surface area contributed by atoms with Gasteiger partial charge in [0.25, 0.3) is 0 Å². The average molecular weight is 220 g/mol. The Kier molecular flexibility index (Phi) is 3.21. The van der Waals surface area contributed by atoms with E-state index in [1.807, 2.05) is 5.51 Å². The molecule has 1 N–H and O–H groups in total. The van der Waals surface area contributed by atoms with Crippen LogP contribution in [0.5, 0.6) is 0 Å². The van der Waals surface area contributed by atoms with E-state index in [1.165, 1.54) is 23.2 Å². The molecule has 0 aliphatic rings. The van der Waals surface area contributed by atoms with Crippen molar-refractivity contribution in [2.45, 2.75) is 32.7 Å². The molecule has 15 heavy (non-hydrogen) atoms.